The normalized spacial score (nSPS) is 18.2. The highest BCUT2D eigenvalue weighted by atomic mass is 79.9. The van der Waals surface area contributed by atoms with Crippen molar-refractivity contribution in [2.45, 2.75) is 18.4 Å². The number of amides is 1. The van der Waals surface area contributed by atoms with Gasteiger partial charge in [0.2, 0.25) is 0 Å². The first kappa shape index (κ1) is 9.08. The number of carbonyl (C=O) groups excluding carboxylic acids is 1. The van der Waals surface area contributed by atoms with Gasteiger partial charge in [0, 0.05) is 10.7 Å². The van der Waals surface area contributed by atoms with Crippen LogP contribution in [0.25, 0.3) is 0 Å². The Hall–Kier alpha value is -0.490. The maximum Gasteiger partial charge on any atom is 0.273 e. The highest BCUT2D eigenvalue weighted by molar-refractivity contribution is 9.09. The van der Waals surface area contributed by atoms with Gasteiger partial charge < -0.3 is 5.32 Å². The largest absolute Gasteiger partial charge is 0.344 e. The fraction of sp³-hybridized carbons (Fsp3) is 0.571. The maximum atomic E-state index is 11.5. The minimum Gasteiger partial charge on any atom is -0.344 e. The smallest absolute Gasteiger partial charge is 0.273 e. The van der Waals surface area contributed by atoms with Crippen molar-refractivity contribution in [1.29, 1.82) is 0 Å². The number of hydrogen-bond acceptors (Lipinski definition) is 4. The van der Waals surface area contributed by atoms with E-state index in [-0.39, 0.29) is 11.4 Å². The number of nitrogens with one attached hydrogen (secondary N) is 1. The molecule has 1 fully saturated rings. The summed E-state index contributed by atoms with van der Waals surface area (Å²) in [5.41, 5.74) is 0.401. The predicted octanol–water partition coefficient (Wildman–Crippen LogP) is 1.20. The lowest BCUT2D eigenvalue weighted by molar-refractivity contribution is 0.0931. The molecule has 0 atom stereocenters. The molecule has 2 rings (SSSR count). The van der Waals surface area contributed by atoms with Crippen molar-refractivity contribution in [3.8, 4) is 0 Å². The first-order chi connectivity index (χ1) is 6.26. The zero-order valence-electron chi connectivity index (χ0n) is 6.79. The fourth-order valence-electron chi connectivity index (χ4n) is 1.01. The van der Waals surface area contributed by atoms with Gasteiger partial charge in [-0.3, -0.25) is 4.79 Å². The zero-order chi connectivity index (χ0) is 9.31. The summed E-state index contributed by atoms with van der Waals surface area (Å²) in [4.78, 5) is 11.5. The molecule has 4 nitrogen and oxygen atoms in total. The molecule has 70 valence electrons. The van der Waals surface area contributed by atoms with Crippen molar-refractivity contribution >= 4 is 33.4 Å². The lowest BCUT2D eigenvalue weighted by Gasteiger charge is -2.12. The number of aromatic nitrogens is 2. The Bertz CT molecular complexity index is 310. The number of carbonyl (C=O) groups is 1. The van der Waals surface area contributed by atoms with Gasteiger partial charge in [-0.1, -0.05) is 20.4 Å². The van der Waals surface area contributed by atoms with E-state index >= 15 is 0 Å². The number of halogens is 1. The molecule has 1 amide bonds. The van der Waals surface area contributed by atoms with Gasteiger partial charge in [-0.05, 0) is 24.4 Å². The quantitative estimate of drug-likeness (QED) is 0.832. The monoisotopic (exact) mass is 261 g/mol. The second-order valence-corrected chi connectivity index (χ2v) is 4.33. The topological polar surface area (TPSA) is 54.9 Å². The summed E-state index contributed by atoms with van der Waals surface area (Å²) in [6.45, 7) is 0. The third-order valence-electron chi connectivity index (χ3n) is 2.08. The van der Waals surface area contributed by atoms with Gasteiger partial charge in [0.1, 0.15) is 0 Å². The minimum absolute atomic E-state index is 0.0132. The van der Waals surface area contributed by atoms with Crippen molar-refractivity contribution in [2.24, 2.45) is 0 Å². The van der Waals surface area contributed by atoms with Crippen LogP contribution in [-0.4, -0.2) is 26.4 Å². The van der Waals surface area contributed by atoms with Crippen LogP contribution in [0.1, 0.15) is 23.3 Å². The molecule has 0 aromatic carbocycles. The summed E-state index contributed by atoms with van der Waals surface area (Å²) < 4.78 is 3.64. The van der Waals surface area contributed by atoms with Crippen LogP contribution in [0.15, 0.2) is 5.38 Å². The lowest BCUT2D eigenvalue weighted by atomic mass is 10.3. The third kappa shape index (κ3) is 1.88. The average Bonchev–Trinajstić information content (AvgIpc) is 2.69. The number of nitrogens with zero attached hydrogens (tertiary/aromatic N) is 2. The van der Waals surface area contributed by atoms with Crippen LogP contribution in [0.2, 0.25) is 0 Å². The van der Waals surface area contributed by atoms with Gasteiger partial charge >= 0.3 is 0 Å². The Morgan fingerprint density at radius 2 is 2.54 bits per heavy atom. The van der Waals surface area contributed by atoms with Gasteiger partial charge in [0.25, 0.3) is 5.91 Å². The minimum atomic E-state index is -0.120. The van der Waals surface area contributed by atoms with Crippen LogP contribution >= 0.6 is 27.5 Å². The molecule has 1 saturated carbocycles. The zero-order valence-corrected chi connectivity index (χ0v) is 9.19. The Balaban J connectivity index is 2.00. The molecule has 13 heavy (non-hydrogen) atoms. The van der Waals surface area contributed by atoms with E-state index in [9.17, 15) is 4.79 Å². The Morgan fingerprint density at radius 3 is 3.00 bits per heavy atom. The molecule has 1 aliphatic carbocycles. The van der Waals surface area contributed by atoms with Crippen molar-refractivity contribution in [2.75, 3.05) is 5.33 Å². The second-order valence-electron chi connectivity index (χ2n) is 3.16. The molecular formula is C7H8BrN3OS. The fourth-order valence-corrected chi connectivity index (χ4v) is 2.15. The summed E-state index contributed by atoms with van der Waals surface area (Å²) in [5.74, 6) is -0.120. The molecular weight excluding hydrogens is 254 g/mol. The first-order valence-corrected chi connectivity index (χ1v) is 5.87. The van der Waals surface area contributed by atoms with E-state index in [0.717, 1.165) is 18.2 Å². The Kier molecular flexibility index (Phi) is 2.33. The van der Waals surface area contributed by atoms with Gasteiger partial charge in [0.05, 0.1) is 5.54 Å². The van der Waals surface area contributed by atoms with Crippen molar-refractivity contribution < 1.29 is 4.79 Å². The number of rotatable bonds is 3. The molecule has 1 aliphatic rings. The molecule has 0 spiro atoms. The summed E-state index contributed by atoms with van der Waals surface area (Å²) in [6.07, 6.45) is 2.09. The summed E-state index contributed by atoms with van der Waals surface area (Å²) >= 11 is 4.57. The predicted molar refractivity (Wildman–Crippen MR) is 53.1 cm³/mol. The molecule has 6 heteroatoms. The highest BCUT2D eigenvalue weighted by Gasteiger charge is 2.43. The van der Waals surface area contributed by atoms with Crippen LogP contribution in [0.4, 0.5) is 0 Å². The molecule has 1 heterocycles. The first-order valence-electron chi connectivity index (χ1n) is 3.91. The van der Waals surface area contributed by atoms with E-state index in [1.807, 2.05) is 0 Å². The lowest BCUT2D eigenvalue weighted by Crippen LogP contribution is -2.38. The van der Waals surface area contributed by atoms with Crippen LogP contribution in [0.3, 0.4) is 0 Å². The highest BCUT2D eigenvalue weighted by Crippen LogP contribution is 2.37. The molecule has 0 bridgehead atoms. The van der Waals surface area contributed by atoms with Crippen molar-refractivity contribution in [1.82, 2.24) is 14.9 Å². The molecule has 0 saturated heterocycles. The molecule has 0 unspecified atom stereocenters. The molecule has 1 N–H and O–H groups in total. The van der Waals surface area contributed by atoms with E-state index in [4.69, 9.17) is 0 Å². The molecule has 1 aromatic rings. The average molecular weight is 262 g/mol. The summed E-state index contributed by atoms with van der Waals surface area (Å²) in [5, 5.41) is 9.10. The Labute approximate surface area is 88.0 Å². The molecule has 1 aromatic heterocycles. The standard InChI is InChI=1S/C7H8BrN3OS/c8-4-7(1-2-7)9-6(12)5-3-13-11-10-5/h3H,1-2,4H2,(H,9,12). The summed E-state index contributed by atoms with van der Waals surface area (Å²) in [7, 11) is 0. The molecule has 0 radical (unpaired) electrons. The van der Waals surface area contributed by atoms with Gasteiger partial charge in [-0.15, -0.1) is 5.10 Å². The summed E-state index contributed by atoms with van der Waals surface area (Å²) in [6, 6.07) is 0. The van der Waals surface area contributed by atoms with Crippen molar-refractivity contribution in [3.63, 3.8) is 0 Å². The van der Waals surface area contributed by atoms with E-state index in [1.54, 1.807) is 5.38 Å². The number of alkyl halides is 1. The van der Waals surface area contributed by atoms with Crippen LogP contribution < -0.4 is 5.32 Å². The molecule has 0 aliphatic heterocycles. The van der Waals surface area contributed by atoms with E-state index < -0.39 is 0 Å². The van der Waals surface area contributed by atoms with E-state index in [0.29, 0.717) is 5.69 Å². The third-order valence-corrected chi connectivity index (χ3v) is 3.66. The van der Waals surface area contributed by atoms with Gasteiger partial charge in [-0.2, -0.15) is 0 Å². The van der Waals surface area contributed by atoms with E-state index in [2.05, 4.69) is 30.8 Å². The Morgan fingerprint density at radius 1 is 1.77 bits per heavy atom. The van der Waals surface area contributed by atoms with Gasteiger partial charge in [0.15, 0.2) is 5.69 Å². The van der Waals surface area contributed by atoms with Gasteiger partial charge in [-0.25, -0.2) is 0 Å². The van der Waals surface area contributed by atoms with Crippen molar-refractivity contribution in [3.05, 3.63) is 11.1 Å². The van der Waals surface area contributed by atoms with Crippen LogP contribution in [-0.2, 0) is 0 Å². The van der Waals surface area contributed by atoms with Crippen LogP contribution in [0, 0.1) is 0 Å². The second kappa shape index (κ2) is 3.34. The maximum absolute atomic E-state index is 11.5. The van der Waals surface area contributed by atoms with Crippen LogP contribution in [0.5, 0.6) is 0 Å². The van der Waals surface area contributed by atoms with E-state index in [1.165, 1.54) is 11.5 Å². The number of hydrogen-bond donors (Lipinski definition) is 1. The SMILES string of the molecule is O=C(NC1(CBr)CC1)c1csnn1.